The van der Waals surface area contributed by atoms with Crippen molar-refractivity contribution in [1.29, 1.82) is 0 Å². The van der Waals surface area contributed by atoms with Crippen molar-refractivity contribution >= 4 is 11.8 Å². The van der Waals surface area contributed by atoms with Crippen molar-refractivity contribution < 1.29 is 9.59 Å². The maximum absolute atomic E-state index is 12.8. The maximum Gasteiger partial charge on any atom is 0.225 e. The average molecular weight is 408 g/mol. The molecule has 2 atom stereocenters. The molecule has 5 heteroatoms. The van der Waals surface area contributed by atoms with Crippen LogP contribution in [0.15, 0.2) is 54.6 Å². The van der Waals surface area contributed by atoms with Gasteiger partial charge in [0.1, 0.15) is 0 Å². The predicted octanol–water partition coefficient (Wildman–Crippen LogP) is 3.06. The molecule has 1 heterocycles. The standard InChI is InChI=1S/C25H33N3O2/c1-4-19-10-12-21(13-11-19)23(27(2)3)17-26-25(30)22-16-24(29)28(18-22)15-14-20-8-6-5-7-9-20/h5-13,22-23H,4,14-18H2,1-3H3,(H,26,30). The first-order chi connectivity index (χ1) is 14.5. The van der Waals surface area contributed by atoms with E-state index >= 15 is 0 Å². The van der Waals surface area contributed by atoms with Crippen LogP contribution >= 0.6 is 0 Å². The number of nitrogens with zero attached hydrogens (tertiary/aromatic N) is 2. The Morgan fingerprint density at radius 3 is 2.43 bits per heavy atom. The number of likely N-dealkylation sites (N-methyl/N-ethyl adjacent to an activating group) is 1. The fourth-order valence-electron chi connectivity index (χ4n) is 3.99. The van der Waals surface area contributed by atoms with Gasteiger partial charge in [-0.2, -0.15) is 0 Å². The number of hydrogen-bond acceptors (Lipinski definition) is 3. The van der Waals surface area contributed by atoms with E-state index in [0.29, 0.717) is 26.1 Å². The Morgan fingerprint density at radius 1 is 1.10 bits per heavy atom. The average Bonchev–Trinajstić information content (AvgIpc) is 3.14. The number of hydrogen-bond donors (Lipinski definition) is 1. The molecule has 0 bridgehead atoms. The van der Waals surface area contributed by atoms with E-state index < -0.39 is 0 Å². The zero-order chi connectivity index (χ0) is 21.5. The Labute approximate surface area is 180 Å². The molecule has 160 valence electrons. The summed E-state index contributed by atoms with van der Waals surface area (Å²) in [6.07, 6.45) is 2.13. The van der Waals surface area contributed by atoms with Gasteiger partial charge in [-0.1, -0.05) is 61.5 Å². The lowest BCUT2D eigenvalue weighted by molar-refractivity contribution is -0.129. The summed E-state index contributed by atoms with van der Waals surface area (Å²) >= 11 is 0. The van der Waals surface area contributed by atoms with Gasteiger partial charge in [-0.3, -0.25) is 9.59 Å². The molecule has 0 aromatic heterocycles. The van der Waals surface area contributed by atoms with Crippen LogP contribution in [-0.2, 0) is 22.4 Å². The van der Waals surface area contributed by atoms with Gasteiger partial charge in [0.25, 0.3) is 0 Å². The molecule has 3 rings (SSSR count). The van der Waals surface area contributed by atoms with Gasteiger partial charge in [0.2, 0.25) is 11.8 Å². The van der Waals surface area contributed by atoms with Gasteiger partial charge in [-0.25, -0.2) is 0 Å². The normalized spacial score (nSPS) is 17.4. The molecule has 2 aromatic carbocycles. The number of rotatable bonds is 9. The van der Waals surface area contributed by atoms with Crippen LogP contribution in [0.2, 0.25) is 0 Å². The molecule has 0 aliphatic carbocycles. The second-order valence-corrected chi connectivity index (χ2v) is 8.30. The van der Waals surface area contributed by atoms with E-state index in [1.807, 2.05) is 37.2 Å². The summed E-state index contributed by atoms with van der Waals surface area (Å²) in [5.74, 6) is -0.216. The van der Waals surface area contributed by atoms with Crippen molar-refractivity contribution in [2.45, 2.75) is 32.2 Å². The number of benzene rings is 2. The molecule has 1 fully saturated rings. The molecule has 0 saturated carbocycles. The van der Waals surface area contributed by atoms with Crippen molar-refractivity contribution in [1.82, 2.24) is 15.1 Å². The highest BCUT2D eigenvalue weighted by atomic mass is 16.2. The lowest BCUT2D eigenvalue weighted by atomic mass is 10.0. The molecular formula is C25H33N3O2. The largest absolute Gasteiger partial charge is 0.354 e. The van der Waals surface area contributed by atoms with Crippen LogP contribution in [0.4, 0.5) is 0 Å². The Bertz CT molecular complexity index is 833. The summed E-state index contributed by atoms with van der Waals surface area (Å²) in [4.78, 5) is 29.1. The molecular weight excluding hydrogens is 374 g/mol. The SMILES string of the molecule is CCc1ccc(C(CNC(=O)C2CC(=O)N(CCc3ccccc3)C2)N(C)C)cc1. The Morgan fingerprint density at radius 2 is 1.80 bits per heavy atom. The first-order valence-corrected chi connectivity index (χ1v) is 10.8. The van der Waals surface area contributed by atoms with E-state index in [1.165, 1.54) is 16.7 Å². The molecule has 1 aliphatic rings. The summed E-state index contributed by atoms with van der Waals surface area (Å²) in [6, 6.07) is 18.8. The Hall–Kier alpha value is -2.66. The van der Waals surface area contributed by atoms with Gasteiger partial charge in [0.05, 0.1) is 12.0 Å². The van der Waals surface area contributed by atoms with Crippen LogP contribution in [0.5, 0.6) is 0 Å². The Kier molecular flexibility index (Phi) is 7.63. The van der Waals surface area contributed by atoms with Crippen LogP contribution in [0.25, 0.3) is 0 Å². The van der Waals surface area contributed by atoms with Gasteiger partial charge in [0.15, 0.2) is 0 Å². The molecule has 0 spiro atoms. The number of amides is 2. The van der Waals surface area contributed by atoms with E-state index in [-0.39, 0.29) is 23.8 Å². The third kappa shape index (κ3) is 5.70. The van der Waals surface area contributed by atoms with Crippen molar-refractivity contribution in [3.63, 3.8) is 0 Å². The minimum absolute atomic E-state index is 0.0254. The summed E-state index contributed by atoms with van der Waals surface area (Å²) in [6.45, 7) is 3.85. The van der Waals surface area contributed by atoms with Crippen molar-refractivity contribution in [2.75, 3.05) is 33.7 Å². The fraction of sp³-hybridized carbons (Fsp3) is 0.440. The predicted molar refractivity (Wildman–Crippen MR) is 120 cm³/mol. The quantitative estimate of drug-likeness (QED) is 0.695. The lowest BCUT2D eigenvalue weighted by Gasteiger charge is -2.26. The van der Waals surface area contributed by atoms with Crippen LogP contribution in [0, 0.1) is 5.92 Å². The highest BCUT2D eigenvalue weighted by Crippen LogP contribution is 2.21. The minimum Gasteiger partial charge on any atom is -0.354 e. The smallest absolute Gasteiger partial charge is 0.225 e. The monoisotopic (exact) mass is 407 g/mol. The van der Waals surface area contributed by atoms with Crippen LogP contribution in [0.3, 0.4) is 0 Å². The molecule has 2 aromatic rings. The third-order valence-electron chi connectivity index (χ3n) is 5.96. The zero-order valence-corrected chi connectivity index (χ0v) is 18.3. The number of carbonyl (C=O) groups excluding carboxylic acids is 2. The van der Waals surface area contributed by atoms with Gasteiger partial charge in [0, 0.05) is 26.1 Å². The van der Waals surface area contributed by atoms with Gasteiger partial charge in [-0.15, -0.1) is 0 Å². The molecule has 0 radical (unpaired) electrons. The second kappa shape index (κ2) is 10.4. The number of nitrogens with one attached hydrogen (secondary N) is 1. The Balaban J connectivity index is 1.52. The molecule has 2 unspecified atom stereocenters. The van der Waals surface area contributed by atoms with E-state index in [9.17, 15) is 9.59 Å². The first-order valence-electron chi connectivity index (χ1n) is 10.8. The topological polar surface area (TPSA) is 52.7 Å². The van der Waals surface area contributed by atoms with Crippen molar-refractivity contribution in [3.8, 4) is 0 Å². The van der Waals surface area contributed by atoms with E-state index in [1.54, 1.807) is 0 Å². The summed E-state index contributed by atoms with van der Waals surface area (Å²) in [7, 11) is 4.05. The van der Waals surface area contributed by atoms with Crippen LogP contribution in [-0.4, -0.2) is 55.3 Å². The molecule has 30 heavy (non-hydrogen) atoms. The van der Waals surface area contributed by atoms with E-state index in [0.717, 1.165) is 12.8 Å². The van der Waals surface area contributed by atoms with Crippen molar-refractivity contribution in [2.24, 2.45) is 5.92 Å². The summed E-state index contributed by atoms with van der Waals surface area (Å²) in [5, 5.41) is 3.09. The number of aryl methyl sites for hydroxylation is 1. The molecule has 2 amide bonds. The van der Waals surface area contributed by atoms with E-state index in [2.05, 4.69) is 53.5 Å². The lowest BCUT2D eigenvalue weighted by Crippen LogP contribution is -2.38. The highest BCUT2D eigenvalue weighted by molar-refractivity contribution is 5.89. The third-order valence-corrected chi connectivity index (χ3v) is 5.96. The molecule has 1 saturated heterocycles. The van der Waals surface area contributed by atoms with Gasteiger partial charge in [-0.05, 0) is 43.6 Å². The van der Waals surface area contributed by atoms with Crippen molar-refractivity contribution in [3.05, 3.63) is 71.3 Å². The maximum atomic E-state index is 12.8. The first kappa shape index (κ1) is 22.0. The minimum atomic E-state index is -0.265. The second-order valence-electron chi connectivity index (χ2n) is 8.30. The fourth-order valence-corrected chi connectivity index (χ4v) is 3.99. The molecule has 5 nitrogen and oxygen atoms in total. The molecule has 1 N–H and O–H groups in total. The zero-order valence-electron chi connectivity index (χ0n) is 18.3. The van der Waals surface area contributed by atoms with E-state index in [4.69, 9.17) is 0 Å². The number of likely N-dealkylation sites (tertiary alicyclic amines) is 1. The summed E-state index contributed by atoms with van der Waals surface area (Å²) < 4.78 is 0. The van der Waals surface area contributed by atoms with Gasteiger partial charge < -0.3 is 15.1 Å². The van der Waals surface area contributed by atoms with Gasteiger partial charge >= 0.3 is 0 Å². The van der Waals surface area contributed by atoms with Crippen LogP contribution < -0.4 is 5.32 Å². The van der Waals surface area contributed by atoms with Crippen LogP contribution in [0.1, 0.15) is 36.1 Å². The number of carbonyl (C=O) groups is 2. The molecule has 1 aliphatic heterocycles. The summed E-state index contributed by atoms with van der Waals surface area (Å²) in [5.41, 5.74) is 3.70. The highest BCUT2D eigenvalue weighted by Gasteiger charge is 2.34.